The average Bonchev–Trinajstić information content (AvgIpc) is 2.87. The highest BCUT2D eigenvalue weighted by molar-refractivity contribution is 5.85. The third-order valence-electron chi connectivity index (χ3n) is 4.22. The lowest BCUT2D eigenvalue weighted by Crippen LogP contribution is -2.43. The van der Waals surface area contributed by atoms with Gasteiger partial charge in [0.2, 0.25) is 5.91 Å². The fourth-order valence-electron chi connectivity index (χ4n) is 3.33. The van der Waals surface area contributed by atoms with E-state index in [9.17, 15) is 9.59 Å². The molecule has 0 bridgehead atoms. The molecule has 3 rings (SSSR count). The lowest BCUT2D eigenvalue weighted by atomic mass is 9.78. The van der Waals surface area contributed by atoms with E-state index in [-0.39, 0.29) is 29.4 Å². The van der Waals surface area contributed by atoms with Gasteiger partial charge >= 0.3 is 6.09 Å². The molecule has 6 nitrogen and oxygen atoms in total. The van der Waals surface area contributed by atoms with E-state index in [0.29, 0.717) is 26.3 Å². The van der Waals surface area contributed by atoms with Crippen molar-refractivity contribution in [1.82, 2.24) is 10.2 Å². The van der Waals surface area contributed by atoms with E-state index in [4.69, 9.17) is 9.47 Å². The van der Waals surface area contributed by atoms with Crippen LogP contribution in [0.5, 0.6) is 0 Å². The van der Waals surface area contributed by atoms with Crippen molar-refractivity contribution in [2.75, 3.05) is 26.3 Å². The molecule has 3 saturated heterocycles. The summed E-state index contributed by atoms with van der Waals surface area (Å²) in [4.78, 5) is 25.7. The largest absolute Gasteiger partial charge is 0.444 e. The highest BCUT2D eigenvalue weighted by Gasteiger charge is 2.63. The summed E-state index contributed by atoms with van der Waals surface area (Å²) in [6, 6.07) is 0.0393. The highest BCUT2D eigenvalue weighted by Crippen LogP contribution is 2.47. The summed E-state index contributed by atoms with van der Waals surface area (Å²) in [7, 11) is 0. The number of nitrogens with one attached hydrogen (secondary N) is 1. The zero-order chi connectivity index (χ0) is 13.8. The van der Waals surface area contributed by atoms with Gasteiger partial charge in [-0.3, -0.25) is 4.79 Å². The lowest BCUT2D eigenvalue weighted by Gasteiger charge is -2.27. The van der Waals surface area contributed by atoms with Gasteiger partial charge in [0.05, 0.1) is 25.2 Å². The Morgan fingerprint density at radius 3 is 2.95 bits per heavy atom. The number of hydrogen-bond acceptors (Lipinski definition) is 4. The van der Waals surface area contributed by atoms with Crippen molar-refractivity contribution in [1.29, 1.82) is 0 Å². The Kier molecular flexibility index (Phi) is 2.58. The molecular weight excluding hydrogens is 248 g/mol. The van der Waals surface area contributed by atoms with Crippen molar-refractivity contribution in [3.8, 4) is 0 Å². The van der Waals surface area contributed by atoms with Crippen LogP contribution in [0.4, 0.5) is 4.79 Å². The lowest BCUT2D eigenvalue weighted by molar-refractivity contribution is -0.123. The molecule has 3 atom stereocenters. The Morgan fingerprint density at radius 1 is 1.53 bits per heavy atom. The molecule has 3 fully saturated rings. The minimum Gasteiger partial charge on any atom is -0.444 e. The Hall–Kier alpha value is -1.30. The fraction of sp³-hybridized carbons (Fsp3) is 0.846. The molecule has 3 aliphatic heterocycles. The Balaban J connectivity index is 1.76. The van der Waals surface area contributed by atoms with Crippen molar-refractivity contribution in [2.24, 2.45) is 11.3 Å². The van der Waals surface area contributed by atoms with E-state index >= 15 is 0 Å². The van der Waals surface area contributed by atoms with Gasteiger partial charge in [-0.2, -0.15) is 0 Å². The molecule has 2 amide bonds. The maximum atomic E-state index is 12.1. The third-order valence-corrected chi connectivity index (χ3v) is 4.22. The zero-order valence-corrected chi connectivity index (χ0v) is 11.6. The summed E-state index contributed by atoms with van der Waals surface area (Å²) in [6.07, 6.45) is -0.338. The first-order valence-electron chi connectivity index (χ1n) is 6.68. The monoisotopic (exact) mass is 268 g/mol. The molecule has 0 aromatic heterocycles. The normalized spacial score (nSPS) is 37.0. The number of carbonyl (C=O) groups is 2. The van der Waals surface area contributed by atoms with Crippen LogP contribution in [0.15, 0.2) is 0 Å². The highest BCUT2D eigenvalue weighted by atomic mass is 16.6. The number of likely N-dealkylation sites (tertiary alicyclic amines) is 1. The first-order valence-corrected chi connectivity index (χ1v) is 6.68. The van der Waals surface area contributed by atoms with Crippen LogP contribution in [0.25, 0.3) is 0 Å². The van der Waals surface area contributed by atoms with E-state index in [1.165, 1.54) is 0 Å². The van der Waals surface area contributed by atoms with Gasteiger partial charge in [0.25, 0.3) is 0 Å². The van der Waals surface area contributed by atoms with Crippen molar-refractivity contribution in [3.63, 3.8) is 0 Å². The van der Waals surface area contributed by atoms with Gasteiger partial charge in [0.1, 0.15) is 5.60 Å². The number of ether oxygens (including phenoxy) is 2. The molecule has 3 unspecified atom stereocenters. The smallest absolute Gasteiger partial charge is 0.410 e. The predicted molar refractivity (Wildman–Crippen MR) is 66.5 cm³/mol. The van der Waals surface area contributed by atoms with E-state index in [2.05, 4.69) is 5.32 Å². The molecule has 0 aromatic rings. The van der Waals surface area contributed by atoms with Crippen LogP contribution in [0.1, 0.15) is 20.8 Å². The molecule has 19 heavy (non-hydrogen) atoms. The van der Waals surface area contributed by atoms with Crippen molar-refractivity contribution in [2.45, 2.75) is 32.4 Å². The molecule has 106 valence electrons. The predicted octanol–water partition coefficient (Wildman–Crippen LogP) is 0.368. The first-order chi connectivity index (χ1) is 8.82. The van der Waals surface area contributed by atoms with Crippen LogP contribution >= 0.6 is 0 Å². The summed E-state index contributed by atoms with van der Waals surface area (Å²) in [5, 5.41) is 2.97. The van der Waals surface area contributed by atoms with Gasteiger partial charge < -0.3 is 19.7 Å². The van der Waals surface area contributed by atoms with E-state index in [0.717, 1.165) is 0 Å². The SMILES string of the molecule is CC(C)(C)OC(=O)N1CC2C(=O)NC3COCC32C1. The Morgan fingerprint density at radius 2 is 2.26 bits per heavy atom. The van der Waals surface area contributed by atoms with Gasteiger partial charge in [-0.25, -0.2) is 4.79 Å². The molecular formula is C13H20N2O4. The molecule has 3 heterocycles. The van der Waals surface area contributed by atoms with Crippen LogP contribution < -0.4 is 5.32 Å². The summed E-state index contributed by atoms with van der Waals surface area (Å²) in [6.45, 7) is 7.58. The third kappa shape index (κ3) is 1.89. The molecule has 6 heteroatoms. The maximum absolute atomic E-state index is 12.1. The minimum atomic E-state index is -0.514. The van der Waals surface area contributed by atoms with Crippen LogP contribution in [0.2, 0.25) is 0 Å². The van der Waals surface area contributed by atoms with Gasteiger partial charge in [0, 0.05) is 18.5 Å². The molecule has 0 aliphatic carbocycles. The topological polar surface area (TPSA) is 67.9 Å². The second-order valence-electron chi connectivity index (χ2n) is 6.72. The number of hydrogen-bond donors (Lipinski definition) is 1. The Bertz CT molecular complexity index is 431. The van der Waals surface area contributed by atoms with Crippen molar-refractivity contribution < 1.29 is 19.1 Å². The van der Waals surface area contributed by atoms with Crippen LogP contribution in [0.3, 0.4) is 0 Å². The number of amides is 2. The standard InChI is InChI=1S/C13H20N2O4/c1-12(2,3)19-11(17)15-4-8-10(16)14-9-5-18-7-13(8,9)6-15/h8-9H,4-7H2,1-3H3,(H,14,16). The minimum absolute atomic E-state index is 0.0393. The number of nitrogens with zero attached hydrogens (tertiary/aromatic N) is 1. The molecule has 0 radical (unpaired) electrons. The maximum Gasteiger partial charge on any atom is 0.410 e. The number of rotatable bonds is 0. The molecule has 3 aliphatic rings. The molecule has 0 saturated carbocycles. The van der Waals surface area contributed by atoms with Gasteiger partial charge in [-0.15, -0.1) is 0 Å². The summed E-state index contributed by atoms with van der Waals surface area (Å²) in [5.41, 5.74) is -0.756. The summed E-state index contributed by atoms with van der Waals surface area (Å²) >= 11 is 0. The zero-order valence-electron chi connectivity index (χ0n) is 11.6. The molecule has 1 N–H and O–H groups in total. The quantitative estimate of drug-likeness (QED) is 0.689. The first kappa shape index (κ1) is 12.7. The van der Waals surface area contributed by atoms with E-state index in [1.54, 1.807) is 4.90 Å². The van der Waals surface area contributed by atoms with Crippen molar-refractivity contribution >= 4 is 12.0 Å². The van der Waals surface area contributed by atoms with Gasteiger partial charge in [-0.05, 0) is 20.8 Å². The van der Waals surface area contributed by atoms with Crippen LogP contribution in [0, 0.1) is 11.3 Å². The molecule has 0 aromatic carbocycles. The second-order valence-corrected chi connectivity index (χ2v) is 6.72. The summed E-state index contributed by atoms with van der Waals surface area (Å²) in [5.74, 6) is -0.119. The average molecular weight is 268 g/mol. The number of carbonyl (C=O) groups excluding carboxylic acids is 2. The summed E-state index contributed by atoms with van der Waals surface area (Å²) < 4.78 is 10.9. The van der Waals surface area contributed by atoms with Crippen LogP contribution in [-0.2, 0) is 14.3 Å². The van der Waals surface area contributed by atoms with E-state index < -0.39 is 5.60 Å². The molecule has 1 spiro atoms. The Labute approximate surface area is 112 Å². The second kappa shape index (κ2) is 3.85. The fourth-order valence-corrected chi connectivity index (χ4v) is 3.33. The van der Waals surface area contributed by atoms with Crippen molar-refractivity contribution in [3.05, 3.63) is 0 Å². The van der Waals surface area contributed by atoms with E-state index in [1.807, 2.05) is 20.8 Å². The van der Waals surface area contributed by atoms with Crippen LogP contribution in [-0.4, -0.2) is 54.8 Å². The van der Waals surface area contributed by atoms with Gasteiger partial charge in [-0.1, -0.05) is 0 Å². The van der Waals surface area contributed by atoms with Gasteiger partial charge in [0.15, 0.2) is 0 Å².